The van der Waals surface area contributed by atoms with Gasteiger partial charge in [-0.3, -0.25) is 0 Å². The summed E-state index contributed by atoms with van der Waals surface area (Å²) in [7, 11) is 0. The molecule has 0 fully saturated rings. The molecule has 0 bridgehead atoms. The number of carboxylic acids is 1. The molecule has 0 amide bonds. The Morgan fingerprint density at radius 3 is 2.29 bits per heavy atom. The minimum atomic E-state index is -1.12. The van der Waals surface area contributed by atoms with Crippen LogP contribution in [0.3, 0.4) is 0 Å². The van der Waals surface area contributed by atoms with E-state index in [1.54, 1.807) is 0 Å². The van der Waals surface area contributed by atoms with Crippen molar-refractivity contribution >= 4 is 41.2 Å². The summed E-state index contributed by atoms with van der Waals surface area (Å²) in [6.07, 6.45) is 2.08. The third-order valence-corrected chi connectivity index (χ3v) is 1.84. The lowest BCUT2D eigenvalue weighted by molar-refractivity contribution is -0.131. The standard InChI is InChI=1S/C7H5Cl2N3O2/c8-5-3(1-2-4(13)14)6(9)12-7(10)11-5/h1-2H,(H,13,14)(H2,10,11,12). The van der Waals surface area contributed by atoms with Gasteiger partial charge in [0.15, 0.2) is 0 Å². The molecule has 0 aliphatic rings. The Hall–Kier alpha value is -1.33. The van der Waals surface area contributed by atoms with Crippen molar-refractivity contribution in [3.8, 4) is 0 Å². The van der Waals surface area contributed by atoms with Crippen LogP contribution in [-0.2, 0) is 4.79 Å². The second-order valence-corrected chi connectivity index (χ2v) is 2.96. The monoisotopic (exact) mass is 233 g/mol. The van der Waals surface area contributed by atoms with Crippen LogP contribution < -0.4 is 5.73 Å². The van der Waals surface area contributed by atoms with Gasteiger partial charge in [0.1, 0.15) is 10.3 Å². The lowest BCUT2D eigenvalue weighted by Gasteiger charge is -2.00. The molecule has 14 heavy (non-hydrogen) atoms. The number of rotatable bonds is 2. The van der Waals surface area contributed by atoms with Crippen molar-refractivity contribution in [2.45, 2.75) is 0 Å². The Morgan fingerprint density at radius 2 is 1.86 bits per heavy atom. The lowest BCUT2D eigenvalue weighted by Crippen LogP contribution is -1.97. The molecule has 3 N–H and O–H groups in total. The maximum atomic E-state index is 10.2. The van der Waals surface area contributed by atoms with Gasteiger partial charge in [-0.25, -0.2) is 14.8 Å². The summed E-state index contributed by atoms with van der Waals surface area (Å²) in [5.41, 5.74) is 5.48. The van der Waals surface area contributed by atoms with Gasteiger partial charge in [0.25, 0.3) is 0 Å². The lowest BCUT2D eigenvalue weighted by atomic mass is 10.3. The van der Waals surface area contributed by atoms with E-state index in [0.717, 1.165) is 6.08 Å². The normalized spacial score (nSPS) is 10.7. The van der Waals surface area contributed by atoms with Gasteiger partial charge in [0, 0.05) is 11.6 Å². The van der Waals surface area contributed by atoms with Gasteiger partial charge in [-0.05, 0) is 6.08 Å². The van der Waals surface area contributed by atoms with Crippen LogP contribution in [0.25, 0.3) is 6.08 Å². The zero-order valence-corrected chi connectivity index (χ0v) is 8.25. The average Bonchev–Trinajstić information content (AvgIpc) is 2.01. The minimum absolute atomic E-state index is 0.0139. The summed E-state index contributed by atoms with van der Waals surface area (Å²) >= 11 is 11.3. The van der Waals surface area contributed by atoms with Crippen LogP contribution in [0.15, 0.2) is 6.08 Å². The summed E-state index contributed by atoms with van der Waals surface area (Å²) < 4.78 is 0. The molecule has 1 aromatic rings. The first-order chi connectivity index (χ1) is 6.50. The van der Waals surface area contributed by atoms with Crippen LogP contribution in [0.5, 0.6) is 0 Å². The zero-order chi connectivity index (χ0) is 10.7. The van der Waals surface area contributed by atoms with Crippen LogP contribution >= 0.6 is 23.2 Å². The number of halogens is 2. The third-order valence-electron chi connectivity index (χ3n) is 1.26. The molecule has 0 unspecified atom stereocenters. The summed E-state index contributed by atoms with van der Waals surface area (Å²) in [5, 5.41) is 8.40. The molecule has 0 atom stereocenters. The quantitative estimate of drug-likeness (QED) is 0.597. The first-order valence-corrected chi connectivity index (χ1v) is 4.16. The molecule has 0 saturated carbocycles. The average molecular weight is 234 g/mol. The van der Waals surface area contributed by atoms with Crippen LogP contribution in [-0.4, -0.2) is 21.0 Å². The van der Waals surface area contributed by atoms with Crippen molar-refractivity contribution in [3.05, 3.63) is 21.9 Å². The molecule has 0 radical (unpaired) electrons. The minimum Gasteiger partial charge on any atom is -0.478 e. The topological polar surface area (TPSA) is 89.1 Å². The molecule has 0 aliphatic carbocycles. The number of carboxylic acid groups (broad SMARTS) is 1. The number of nitrogens with zero attached hydrogens (tertiary/aromatic N) is 2. The Kier molecular flexibility index (Phi) is 3.27. The molecule has 74 valence electrons. The molecule has 0 spiro atoms. The molecular weight excluding hydrogens is 229 g/mol. The predicted octanol–water partition coefficient (Wildman–Crippen LogP) is 1.46. The fraction of sp³-hybridized carbons (Fsp3) is 0. The Labute approximate surface area is 89.2 Å². The molecule has 5 nitrogen and oxygen atoms in total. The van der Waals surface area contributed by atoms with Crippen molar-refractivity contribution in [2.75, 3.05) is 5.73 Å². The van der Waals surface area contributed by atoms with Gasteiger partial charge in [-0.2, -0.15) is 0 Å². The second-order valence-electron chi connectivity index (χ2n) is 2.25. The first kappa shape index (κ1) is 10.7. The SMILES string of the molecule is Nc1nc(Cl)c(C=CC(=O)O)c(Cl)n1. The van der Waals surface area contributed by atoms with Crippen LogP contribution in [0.2, 0.25) is 10.3 Å². The van der Waals surface area contributed by atoms with Gasteiger partial charge in [0.05, 0.1) is 0 Å². The van der Waals surface area contributed by atoms with E-state index in [4.69, 9.17) is 34.0 Å². The van der Waals surface area contributed by atoms with Crippen LogP contribution in [0.1, 0.15) is 5.56 Å². The predicted molar refractivity (Wildman–Crippen MR) is 53.1 cm³/mol. The molecule has 1 heterocycles. The number of carbonyl (C=O) groups is 1. The molecule has 0 aliphatic heterocycles. The molecule has 7 heteroatoms. The number of anilines is 1. The van der Waals surface area contributed by atoms with E-state index in [2.05, 4.69) is 9.97 Å². The first-order valence-electron chi connectivity index (χ1n) is 3.40. The Morgan fingerprint density at radius 1 is 1.36 bits per heavy atom. The molecule has 1 aromatic heterocycles. The van der Waals surface area contributed by atoms with E-state index in [1.807, 2.05) is 0 Å². The number of hydrogen-bond acceptors (Lipinski definition) is 4. The smallest absolute Gasteiger partial charge is 0.328 e. The van der Waals surface area contributed by atoms with E-state index >= 15 is 0 Å². The summed E-state index contributed by atoms with van der Waals surface area (Å²) in [6, 6.07) is 0. The van der Waals surface area contributed by atoms with Gasteiger partial charge >= 0.3 is 5.97 Å². The highest BCUT2D eigenvalue weighted by Gasteiger charge is 2.07. The van der Waals surface area contributed by atoms with Gasteiger partial charge in [-0.1, -0.05) is 23.2 Å². The highest BCUT2D eigenvalue weighted by atomic mass is 35.5. The van der Waals surface area contributed by atoms with E-state index in [9.17, 15) is 4.79 Å². The second kappa shape index (κ2) is 4.26. The summed E-state index contributed by atoms with van der Waals surface area (Å²) in [6.45, 7) is 0. The Bertz CT molecular complexity index is 383. The summed E-state index contributed by atoms with van der Waals surface area (Å²) in [4.78, 5) is 17.5. The van der Waals surface area contributed by atoms with E-state index in [0.29, 0.717) is 0 Å². The number of nitrogen functional groups attached to an aromatic ring is 1. The Balaban J connectivity index is 3.15. The van der Waals surface area contributed by atoms with Gasteiger partial charge in [-0.15, -0.1) is 0 Å². The number of nitrogens with two attached hydrogens (primary N) is 1. The molecule has 1 rings (SSSR count). The van der Waals surface area contributed by atoms with Crippen molar-refractivity contribution < 1.29 is 9.90 Å². The van der Waals surface area contributed by atoms with Crippen molar-refractivity contribution in [1.29, 1.82) is 0 Å². The maximum Gasteiger partial charge on any atom is 0.328 e. The highest BCUT2D eigenvalue weighted by Crippen LogP contribution is 2.23. The maximum absolute atomic E-state index is 10.2. The van der Waals surface area contributed by atoms with Gasteiger partial charge < -0.3 is 10.8 Å². The van der Waals surface area contributed by atoms with E-state index in [1.165, 1.54) is 6.08 Å². The van der Waals surface area contributed by atoms with E-state index < -0.39 is 5.97 Å². The largest absolute Gasteiger partial charge is 0.478 e. The van der Waals surface area contributed by atoms with E-state index in [-0.39, 0.29) is 21.8 Å². The van der Waals surface area contributed by atoms with Crippen molar-refractivity contribution in [1.82, 2.24) is 9.97 Å². The van der Waals surface area contributed by atoms with Crippen molar-refractivity contribution in [3.63, 3.8) is 0 Å². The third kappa shape index (κ3) is 2.58. The van der Waals surface area contributed by atoms with Crippen molar-refractivity contribution in [2.24, 2.45) is 0 Å². The highest BCUT2D eigenvalue weighted by molar-refractivity contribution is 6.35. The summed E-state index contributed by atoms with van der Waals surface area (Å²) in [5.74, 6) is -1.18. The number of hydrogen-bond donors (Lipinski definition) is 2. The molecule has 0 saturated heterocycles. The molecule has 0 aromatic carbocycles. The fourth-order valence-corrected chi connectivity index (χ4v) is 1.25. The molecular formula is C7H5Cl2N3O2. The zero-order valence-electron chi connectivity index (χ0n) is 6.74. The van der Waals surface area contributed by atoms with Gasteiger partial charge in [0.2, 0.25) is 5.95 Å². The van der Waals surface area contributed by atoms with Crippen LogP contribution in [0, 0.1) is 0 Å². The van der Waals surface area contributed by atoms with Crippen LogP contribution in [0.4, 0.5) is 5.95 Å². The number of aliphatic carboxylic acids is 1. The fourth-order valence-electron chi connectivity index (χ4n) is 0.724. The number of aromatic nitrogens is 2.